The number of hydrogen-bond donors (Lipinski definition) is 0. The van der Waals surface area contributed by atoms with E-state index in [4.69, 9.17) is 9.47 Å². The van der Waals surface area contributed by atoms with Gasteiger partial charge in [0.2, 0.25) is 0 Å². The lowest BCUT2D eigenvalue weighted by Gasteiger charge is -2.38. The molecule has 0 amide bonds. The fourth-order valence-electron chi connectivity index (χ4n) is 3.48. The fourth-order valence-corrected chi connectivity index (χ4v) is 3.48. The van der Waals surface area contributed by atoms with Gasteiger partial charge in [-0.25, -0.2) is 0 Å². The first kappa shape index (κ1) is 24.8. The Morgan fingerprint density at radius 3 is 1.32 bits per heavy atom. The molecule has 152 valence electrons. The highest BCUT2D eigenvalue weighted by Crippen LogP contribution is 2.14. The Labute approximate surface area is 158 Å². The van der Waals surface area contributed by atoms with Gasteiger partial charge in [0.15, 0.2) is 0 Å². The first-order valence-electron chi connectivity index (χ1n) is 10.5. The summed E-state index contributed by atoms with van der Waals surface area (Å²) in [5.74, 6) is 0. The summed E-state index contributed by atoms with van der Waals surface area (Å²) in [6.07, 6.45) is 2.85. The SMILES string of the molecule is CC.CC(C)N1C[C@@H](C)O[C@H](C)C1.CCC(C)N1C[C@@H](C)O[C@@H](C)C1. The van der Waals surface area contributed by atoms with E-state index >= 15 is 0 Å². The molecule has 2 rings (SSSR count). The number of morpholine rings is 2. The molecule has 25 heavy (non-hydrogen) atoms. The van der Waals surface area contributed by atoms with Crippen LogP contribution < -0.4 is 0 Å². The molecule has 4 heteroatoms. The molecule has 0 aromatic carbocycles. The molecule has 1 unspecified atom stereocenters. The van der Waals surface area contributed by atoms with Gasteiger partial charge in [-0.3, -0.25) is 9.80 Å². The molecule has 0 aliphatic carbocycles. The Morgan fingerprint density at radius 1 is 0.720 bits per heavy atom. The highest BCUT2D eigenvalue weighted by Gasteiger charge is 2.24. The van der Waals surface area contributed by atoms with Crippen LogP contribution in [0.25, 0.3) is 0 Å². The van der Waals surface area contributed by atoms with Gasteiger partial charge >= 0.3 is 0 Å². The quantitative estimate of drug-likeness (QED) is 0.745. The molecule has 5 atom stereocenters. The zero-order valence-electron chi connectivity index (χ0n) is 18.7. The Hall–Kier alpha value is -0.160. The molecule has 2 saturated heterocycles. The van der Waals surface area contributed by atoms with E-state index in [-0.39, 0.29) is 0 Å². The monoisotopic (exact) mass is 358 g/mol. The van der Waals surface area contributed by atoms with Gasteiger partial charge in [-0.2, -0.15) is 0 Å². The van der Waals surface area contributed by atoms with Crippen LogP contribution in [-0.2, 0) is 9.47 Å². The van der Waals surface area contributed by atoms with Crippen molar-refractivity contribution in [3.63, 3.8) is 0 Å². The number of hydrogen-bond acceptors (Lipinski definition) is 4. The van der Waals surface area contributed by atoms with E-state index in [1.54, 1.807) is 0 Å². The van der Waals surface area contributed by atoms with E-state index in [1.807, 2.05) is 13.8 Å². The van der Waals surface area contributed by atoms with Crippen LogP contribution >= 0.6 is 0 Å². The lowest BCUT2D eigenvalue weighted by atomic mass is 10.1. The Balaban J connectivity index is 0.000000421. The lowest BCUT2D eigenvalue weighted by Crippen LogP contribution is -2.48. The van der Waals surface area contributed by atoms with Crippen LogP contribution in [0.15, 0.2) is 0 Å². The van der Waals surface area contributed by atoms with Gasteiger partial charge < -0.3 is 9.47 Å². The maximum absolute atomic E-state index is 5.67. The predicted octanol–water partition coefficient (Wildman–Crippen LogP) is 4.42. The molecule has 2 aliphatic rings. The van der Waals surface area contributed by atoms with Gasteiger partial charge in [0.05, 0.1) is 24.4 Å². The summed E-state index contributed by atoms with van der Waals surface area (Å²) in [5, 5.41) is 0. The fraction of sp³-hybridized carbons (Fsp3) is 1.00. The average Bonchev–Trinajstić information content (AvgIpc) is 2.54. The second-order valence-corrected chi connectivity index (χ2v) is 7.77. The lowest BCUT2D eigenvalue weighted by molar-refractivity contribution is -0.0786. The van der Waals surface area contributed by atoms with E-state index in [0.717, 1.165) is 26.2 Å². The molecule has 2 aliphatic heterocycles. The Morgan fingerprint density at radius 2 is 1.04 bits per heavy atom. The molecule has 0 spiro atoms. The van der Waals surface area contributed by atoms with Crippen LogP contribution in [0.2, 0.25) is 0 Å². The molecular formula is C21H46N2O2. The molecule has 0 bridgehead atoms. The predicted molar refractivity (Wildman–Crippen MR) is 109 cm³/mol. The van der Waals surface area contributed by atoms with Crippen LogP contribution in [0.5, 0.6) is 0 Å². The molecule has 0 aromatic heterocycles. The van der Waals surface area contributed by atoms with Crippen LogP contribution in [0, 0.1) is 0 Å². The summed E-state index contributed by atoms with van der Waals surface area (Å²) in [5.41, 5.74) is 0. The zero-order chi connectivity index (χ0) is 19.6. The largest absolute Gasteiger partial charge is 0.373 e. The van der Waals surface area contributed by atoms with Crippen molar-refractivity contribution in [2.75, 3.05) is 26.2 Å². The van der Waals surface area contributed by atoms with Crippen LogP contribution in [0.3, 0.4) is 0 Å². The van der Waals surface area contributed by atoms with Crippen molar-refractivity contribution in [2.45, 2.75) is 112 Å². The molecule has 4 nitrogen and oxygen atoms in total. The van der Waals surface area contributed by atoms with E-state index in [0.29, 0.717) is 36.5 Å². The van der Waals surface area contributed by atoms with Crippen LogP contribution in [-0.4, -0.2) is 72.5 Å². The zero-order valence-corrected chi connectivity index (χ0v) is 18.7. The summed E-state index contributed by atoms with van der Waals surface area (Å²) < 4.78 is 11.3. The van der Waals surface area contributed by atoms with Gasteiger partial charge in [0.25, 0.3) is 0 Å². The van der Waals surface area contributed by atoms with Crippen molar-refractivity contribution in [3.8, 4) is 0 Å². The van der Waals surface area contributed by atoms with E-state index < -0.39 is 0 Å². The molecule has 0 aromatic rings. The summed E-state index contributed by atoms with van der Waals surface area (Å²) in [4.78, 5) is 5.00. The summed E-state index contributed by atoms with van der Waals surface area (Å²) in [6, 6.07) is 1.36. The Kier molecular flexibility index (Phi) is 13.0. The topological polar surface area (TPSA) is 24.9 Å². The molecule has 2 fully saturated rings. The molecule has 0 radical (unpaired) electrons. The summed E-state index contributed by atoms with van der Waals surface area (Å²) in [6.45, 7) is 26.0. The molecule has 0 saturated carbocycles. The number of ether oxygens (including phenoxy) is 2. The number of rotatable bonds is 3. The maximum Gasteiger partial charge on any atom is 0.0678 e. The maximum atomic E-state index is 5.67. The third-order valence-corrected chi connectivity index (χ3v) is 4.84. The van der Waals surface area contributed by atoms with Gasteiger partial charge in [-0.05, 0) is 54.9 Å². The highest BCUT2D eigenvalue weighted by atomic mass is 16.5. The standard InChI is InChI=1S/C10H21NO.C9H19NO.C2H6/c1-5-8(2)11-6-9(3)12-10(4)7-11;1-7(2)10-5-8(3)11-9(4)6-10;1-2/h8-10H,5-7H2,1-4H3;7-9H,5-6H2,1-4H3;1-2H3/t8?,9-,10+;8-,9-;/m.1./s1. The summed E-state index contributed by atoms with van der Waals surface area (Å²) in [7, 11) is 0. The van der Waals surface area contributed by atoms with E-state index in [1.165, 1.54) is 6.42 Å². The average molecular weight is 359 g/mol. The van der Waals surface area contributed by atoms with E-state index in [9.17, 15) is 0 Å². The number of nitrogens with zero attached hydrogens (tertiary/aromatic N) is 2. The minimum atomic E-state index is 0.404. The van der Waals surface area contributed by atoms with E-state index in [2.05, 4.69) is 65.2 Å². The first-order valence-corrected chi connectivity index (χ1v) is 10.5. The van der Waals surface area contributed by atoms with Crippen molar-refractivity contribution in [1.82, 2.24) is 9.80 Å². The van der Waals surface area contributed by atoms with Crippen molar-refractivity contribution in [3.05, 3.63) is 0 Å². The van der Waals surface area contributed by atoms with Gasteiger partial charge in [-0.15, -0.1) is 0 Å². The van der Waals surface area contributed by atoms with Crippen molar-refractivity contribution in [2.24, 2.45) is 0 Å². The van der Waals surface area contributed by atoms with Crippen molar-refractivity contribution >= 4 is 0 Å². The smallest absolute Gasteiger partial charge is 0.0678 e. The van der Waals surface area contributed by atoms with Gasteiger partial charge in [-0.1, -0.05) is 20.8 Å². The molecule has 2 heterocycles. The third kappa shape index (κ3) is 9.93. The normalized spacial score (nSPS) is 32.3. The molecule has 0 N–H and O–H groups in total. The van der Waals surface area contributed by atoms with Gasteiger partial charge in [0.1, 0.15) is 0 Å². The first-order chi connectivity index (χ1) is 11.7. The highest BCUT2D eigenvalue weighted by molar-refractivity contribution is 4.77. The minimum absolute atomic E-state index is 0.404. The van der Waals surface area contributed by atoms with Crippen LogP contribution in [0.1, 0.15) is 75.7 Å². The molecular weight excluding hydrogens is 312 g/mol. The minimum Gasteiger partial charge on any atom is -0.373 e. The van der Waals surface area contributed by atoms with Crippen LogP contribution in [0.4, 0.5) is 0 Å². The Bertz CT molecular complexity index is 305. The van der Waals surface area contributed by atoms with Gasteiger partial charge in [0, 0.05) is 38.3 Å². The second kappa shape index (κ2) is 13.1. The summed E-state index contributed by atoms with van der Waals surface area (Å²) >= 11 is 0. The van der Waals surface area contributed by atoms with Crippen molar-refractivity contribution in [1.29, 1.82) is 0 Å². The second-order valence-electron chi connectivity index (χ2n) is 7.77. The third-order valence-electron chi connectivity index (χ3n) is 4.84. The van der Waals surface area contributed by atoms with Crippen molar-refractivity contribution < 1.29 is 9.47 Å².